The van der Waals surface area contributed by atoms with Crippen molar-refractivity contribution in [3.63, 3.8) is 0 Å². The van der Waals surface area contributed by atoms with Crippen LogP contribution >= 0.6 is 11.6 Å². The van der Waals surface area contributed by atoms with Crippen LogP contribution in [0.25, 0.3) is 0 Å². The topological polar surface area (TPSA) is 53.2 Å². The summed E-state index contributed by atoms with van der Waals surface area (Å²) in [4.78, 5) is 0. The molecule has 3 nitrogen and oxygen atoms in total. The zero-order valence-electron chi connectivity index (χ0n) is 10.6. The number of aliphatic hydroxyl groups excluding tert-OH is 1. The molecule has 2 aromatic carbocycles. The highest BCUT2D eigenvalue weighted by molar-refractivity contribution is 6.30. The third kappa shape index (κ3) is 2.90. The minimum atomic E-state index is -0.806. The van der Waals surface area contributed by atoms with Gasteiger partial charge >= 0.3 is 0 Å². The quantitative estimate of drug-likeness (QED) is 0.922. The average molecular weight is 292 g/mol. The lowest BCUT2D eigenvalue weighted by molar-refractivity contribution is 0.195. The monoisotopic (exact) mass is 291 g/mol. The smallest absolute Gasteiger partial charge is 0.184 e. The van der Waals surface area contributed by atoms with Crippen LogP contribution in [0.2, 0.25) is 5.02 Å². The van der Waals surface area contributed by atoms with Crippen LogP contribution in [0.3, 0.4) is 0 Å². The highest BCUT2D eigenvalue weighted by atomic mass is 35.5. The number of rotatable bonds is 3. The van der Waals surface area contributed by atoms with Gasteiger partial charge in [-0.2, -0.15) is 5.26 Å². The minimum absolute atomic E-state index is 0.0578. The summed E-state index contributed by atoms with van der Waals surface area (Å²) in [5.41, 5.74) is 0.815. The van der Waals surface area contributed by atoms with E-state index in [2.05, 4.69) is 0 Å². The van der Waals surface area contributed by atoms with Crippen molar-refractivity contribution >= 4 is 11.6 Å². The Morgan fingerprint density at radius 2 is 2.05 bits per heavy atom. The summed E-state index contributed by atoms with van der Waals surface area (Å²) in [5, 5.41) is 18.5. The highest BCUT2D eigenvalue weighted by Crippen LogP contribution is 2.33. The molecule has 2 aromatic rings. The summed E-state index contributed by atoms with van der Waals surface area (Å²) in [6.07, 6.45) is -0.806. The maximum Gasteiger partial charge on any atom is 0.184 e. The molecule has 0 amide bonds. The van der Waals surface area contributed by atoms with E-state index in [9.17, 15) is 9.50 Å². The molecule has 0 aliphatic heterocycles. The summed E-state index contributed by atoms with van der Waals surface area (Å²) in [6.45, 7) is 1.56. The van der Waals surface area contributed by atoms with Crippen LogP contribution in [-0.2, 0) is 0 Å². The van der Waals surface area contributed by atoms with Crippen molar-refractivity contribution in [2.24, 2.45) is 0 Å². The summed E-state index contributed by atoms with van der Waals surface area (Å²) in [6, 6.07) is 10.9. The van der Waals surface area contributed by atoms with Gasteiger partial charge in [0, 0.05) is 5.56 Å². The van der Waals surface area contributed by atoms with E-state index in [4.69, 9.17) is 21.6 Å². The Morgan fingerprint density at radius 3 is 2.70 bits per heavy atom. The van der Waals surface area contributed by atoms with Gasteiger partial charge in [-0.05, 0) is 31.2 Å². The van der Waals surface area contributed by atoms with Crippen LogP contribution in [0.5, 0.6) is 11.5 Å². The summed E-state index contributed by atoms with van der Waals surface area (Å²) in [5.74, 6) is -0.525. The number of halogens is 2. The Balaban J connectivity index is 2.46. The fourth-order valence-electron chi connectivity index (χ4n) is 1.72. The molecule has 0 heterocycles. The Kier molecular flexibility index (Phi) is 4.23. The molecule has 20 heavy (non-hydrogen) atoms. The SMILES string of the molecule is C[C@H](O)c1ccc(C#N)cc1Oc1cccc(Cl)c1F. The minimum Gasteiger partial charge on any atom is -0.454 e. The Hall–Kier alpha value is -2.09. The van der Waals surface area contributed by atoms with E-state index in [0.717, 1.165) is 0 Å². The van der Waals surface area contributed by atoms with E-state index in [-0.39, 0.29) is 16.5 Å². The molecular weight excluding hydrogens is 281 g/mol. The van der Waals surface area contributed by atoms with E-state index in [1.807, 2.05) is 6.07 Å². The van der Waals surface area contributed by atoms with Gasteiger partial charge in [0.05, 0.1) is 22.8 Å². The highest BCUT2D eigenvalue weighted by Gasteiger charge is 2.14. The third-order valence-electron chi connectivity index (χ3n) is 2.73. The molecule has 0 aliphatic rings. The van der Waals surface area contributed by atoms with Gasteiger partial charge in [0.1, 0.15) is 5.75 Å². The maximum atomic E-state index is 13.8. The average Bonchev–Trinajstić information content (AvgIpc) is 2.43. The lowest BCUT2D eigenvalue weighted by Crippen LogP contribution is -1.98. The van der Waals surface area contributed by atoms with Gasteiger partial charge in [-0.25, -0.2) is 4.39 Å². The third-order valence-corrected chi connectivity index (χ3v) is 3.02. The molecule has 0 fully saturated rings. The number of benzene rings is 2. The number of nitrogens with zero attached hydrogens (tertiary/aromatic N) is 1. The van der Waals surface area contributed by atoms with Gasteiger partial charge < -0.3 is 9.84 Å². The van der Waals surface area contributed by atoms with Crippen molar-refractivity contribution in [3.05, 3.63) is 58.4 Å². The van der Waals surface area contributed by atoms with Crippen LogP contribution in [0.4, 0.5) is 4.39 Å². The van der Waals surface area contributed by atoms with E-state index >= 15 is 0 Å². The molecular formula is C15H11ClFNO2. The van der Waals surface area contributed by atoms with Gasteiger partial charge in [-0.3, -0.25) is 0 Å². The van der Waals surface area contributed by atoms with Crippen molar-refractivity contribution in [1.82, 2.24) is 0 Å². The normalized spacial score (nSPS) is 11.8. The Bertz CT molecular complexity index is 680. The van der Waals surface area contributed by atoms with Crippen LogP contribution in [0.1, 0.15) is 24.2 Å². The first-order valence-electron chi connectivity index (χ1n) is 5.87. The number of nitriles is 1. The van der Waals surface area contributed by atoms with Crippen LogP contribution in [0.15, 0.2) is 36.4 Å². The van der Waals surface area contributed by atoms with E-state index < -0.39 is 11.9 Å². The van der Waals surface area contributed by atoms with Gasteiger partial charge in [-0.1, -0.05) is 23.7 Å². The van der Waals surface area contributed by atoms with Crippen LogP contribution in [0, 0.1) is 17.1 Å². The van der Waals surface area contributed by atoms with Crippen molar-refractivity contribution < 1.29 is 14.2 Å². The lowest BCUT2D eigenvalue weighted by Gasteiger charge is -2.14. The molecule has 1 atom stereocenters. The van der Waals surface area contributed by atoms with Gasteiger partial charge in [-0.15, -0.1) is 0 Å². The molecule has 0 spiro atoms. The second-order valence-electron chi connectivity index (χ2n) is 4.19. The summed E-state index contributed by atoms with van der Waals surface area (Å²) < 4.78 is 19.3. The first kappa shape index (κ1) is 14.3. The molecule has 0 aromatic heterocycles. The Labute approximate surface area is 120 Å². The predicted octanol–water partition coefficient (Wildman–Crippen LogP) is 4.20. The van der Waals surface area contributed by atoms with E-state index in [0.29, 0.717) is 11.1 Å². The van der Waals surface area contributed by atoms with Crippen molar-refractivity contribution in [2.75, 3.05) is 0 Å². The van der Waals surface area contributed by atoms with Crippen LogP contribution in [-0.4, -0.2) is 5.11 Å². The molecule has 1 N–H and O–H groups in total. The largest absolute Gasteiger partial charge is 0.454 e. The number of hydrogen-bond donors (Lipinski definition) is 1. The number of ether oxygens (including phenoxy) is 1. The number of hydrogen-bond acceptors (Lipinski definition) is 3. The molecule has 102 valence electrons. The standard InChI is InChI=1S/C15H11ClFNO2/c1-9(19)11-6-5-10(8-18)7-14(11)20-13-4-2-3-12(16)15(13)17/h2-7,9,19H,1H3/t9-/m0/s1. The molecule has 0 aliphatic carbocycles. The summed E-state index contributed by atoms with van der Waals surface area (Å²) in [7, 11) is 0. The van der Waals surface area contributed by atoms with Gasteiger partial charge in [0.2, 0.25) is 0 Å². The fourth-order valence-corrected chi connectivity index (χ4v) is 1.88. The maximum absolute atomic E-state index is 13.8. The lowest BCUT2D eigenvalue weighted by atomic mass is 10.1. The summed E-state index contributed by atoms with van der Waals surface area (Å²) >= 11 is 5.68. The van der Waals surface area contributed by atoms with Crippen molar-refractivity contribution in [2.45, 2.75) is 13.0 Å². The molecule has 0 saturated carbocycles. The molecule has 0 unspecified atom stereocenters. The van der Waals surface area contributed by atoms with Crippen molar-refractivity contribution in [3.8, 4) is 17.6 Å². The van der Waals surface area contributed by atoms with Gasteiger partial charge in [0.15, 0.2) is 11.6 Å². The first-order chi connectivity index (χ1) is 9.52. The zero-order chi connectivity index (χ0) is 14.7. The molecule has 2 rings (SSSR count). The fraction of sp³-hybridized carbons (Fsp3) is 0.133. The predicted molar refractivity (Wildman–Crippen MR) is 73.3 cm³/mol. The Morgan fingerprint density at radius 1 is 1.30 bits per heavy atom. The molecule has 0 radical (unpaired) electrons. The van der Waals surface area contributed by atoms with E-state index in [1.54, 1.807) is 25.1 Å². The van der Waals surface area contributed by atoms with Crippen molar-refractivity contribution in [1.29, 1.82) is 5.26 Å². The van der Waals surface area contributed by atoms with Crippen LogP contribution < -0.4 is 4.74 Å². The molecule has 0 bridgehead atoms. The number of aliphatic hydroxyl groups is 1. The van der Waals surface area contributed by atoms with E-state index in [1.165, 1.54) is 18.2 Å². The first-order valence-corrected chi connectivity index (χ1v) is 6.24. The van der Waals surface area contributed by atoms with Gasteiger partial charge in [0.25, 0.3) is 0 Å². The molecule has 5 heteroatoms. The second kappa shape index (κ2) is 5.91. The second-order valence-corrected chi connectivity index (χ2v) is 4.60. The molecule has 0 saturated heterocycles. The zero-order valence-corrected chi connectivity index (χ0v) is 11.4.